The average molecular weight is 420 g/mol. The van der Waals surface area contributed by atoms with E-state index in [1.807, 2.05) is 0 Å². The summed E-state index contributed by atoms with van der Waals surface area (Å²) >= 11 is 7.02. The second-order valence-electron chi connectivity index (χ2n) is 5.80. The maximum Gasteiger partial charge on any atom is 0.113 e. The quantitative estimate of drug-likeness (QED) is 0.488. The molecule has 3 rings (SSSR count). The van der Waals surface area contributed by atoms with Gasteiger partial charge in [-0.25, -0.2) is 0 Å². The van der Waals surface area contributed by atoms with E-state index in [1.165, 1.54) is 21.5 Å². The van der Waals surface area contributed by atoms with E-state index in [2.05, 4.69) is 106 Å². The van der Waals surface area contributed by atoms with Gasteiger partial charge in [-0.15, -0.1) is 0 Å². The van der Waals surface area contributed by atoms with Gasteiger partial charge in [0.05, 0.1) is 0 Å². The lowest BCUT2D eigenvalue weighted by Gasteiger charge is -2.25. The normalized spacial score (nSPS) is 16.6. The van der Waals surface area contributed by atoms with E-state index in [1.54, 1.807) is 0 Å². The summed E-state index contributed by atoms with van der Waals surface area (Å²) in [4.78, 5) is 0. The highest BCUT2D eigenvalue weighted by Crippen LogP contribution is 2.41. The number of halogens is 2. The Balaban J connectivity index is 1.96. The van der Waals surface area contributed by atoms with Crippen LogP contribution in [0.5, 0.6) is 0 Å². The van der Waals surface area contributed by atoms with E-state index >= 15 is 0 Å². The fourth-order valence-corrected chi connectivity index (χ4v) is 6.50. The van der Waals surface area contributed by atoms with Crippen LogP contribution in [0.1, 0.15) is 11.1 Å². The Hall–Kier alpha value is -0.903. The number of hydrogen-bond donors (Lipinski definition) is 0. The van der Waals surface area contributed by atoms with Gasteiger partial charge in [-0.2, -0.15) is 0 Å². The largest absolute Gasteiger partial charge is 0.113 e. The molecule has 0 bridgehead atoms. The van der Waals surface area contributed by atoms with Crippen LogP contribution in [0, 0.1) is 0 Å². The van der Waals surface area contributed by atoms with Crippen molar-refractivity contribution in [2.24, 2.45) is 0 Å². The first-order chi connectivity index (χ1) is 9.98. The molecule has 0 N–H and O–H groups in total. The molecule has 0 aliphatic carbocycles. The Morgan fingerprint density at radius 3 is 1.29 bits per heavy atom. The molecule has 0 aromatic heterocycles. The Kier molecular flexibility index (Phi) is 4.08. The zero-order valence-electron chi connectivity index (χ0n) is 12.0. The molecule has 0 amide bonds. The number of benzene rings is 2. The van der Waals surface area contributed by atoms with Crippen LogP contribution < -0.4 is 0 Å². The molecular weight excluding hydrogens is 404 g/mol. The third-order valence-corrected chi connectivity index (χ3v) is 8.74. The van der Waals surface area contributed by atoms with Crippen LogP contribution >= 0.6 is 31.9 Å². The predicted molar refractivity (Wildman–Crippen MR) is 102 cm³/mol. The van der Waals surface area contributed by atoms with Crippen molar-refractivity contribution in [1.82, 2.24) is 0 Å². The van der Waals surface area contributed by atoms with E-state index in [0.29, 0.717) is 0 Å². The minimum absolute atomic E-state index is 1.13. The monoisotopic (exact) mass is 418 g/mol. The number of hydrogen-bond acceptors (Lipinski definition) is 0. The summed E-state index contributed by atoms with van der Waals surface area (Å²) in [7, 11) is -1.62. The third kappa shape index (κ3) is 2.87. The summed E-state index contributed by atoms with van der Waals surface area (Å²) in [6, 6.07) is 17.3. The van der Waals surface area contributed by atoms with Gasteiger partial charge >= 0.3 is 0 Å². The molecule has 0 spiro atoms. The van der Waals surface area contributed by atoms with Crippen LogP contribution in [-0.2, 0) is 0 Å². The fraction of sp³-hybridized carbons (Fsp3) is 0.111. The van der Waals surface area contributed by atoms with Gasteiger partial charge in [0.2, 0.25) is 0 Å². The summed E-state index contributed by atoms with van der Waals surface area (Å²) < 4.78 is 2.26. The molecule has 0 saturated carbocycles. The molecule has 3 heteroatoms. The number of allylic oxidation sites excluding steroid dienone is 2. The highest BCUT2D eigenvalue weighted by Gasteiger charge is 2.35. The first-order valence-corrected chi connectivity index (χ1v) is 11.5. The van der Waals surface area contributed by atoms with Gasteiger partial charge in [-0.05, 0) is 45.8 Å². The van der Waals surface area contributed by atoms with Crippen molar-refractivity contribution in [2.45, 2.75) is 13.1 Å². The Bertz CT molecular complexity index is 659. The predicted octanol–water partition coefficient (Wildman–Crippen LogP) is 6.48. The van der Waals surface area contributed by atoms with Gasteiger partial charge in [0.1, 0.15) is 8.07 Å². The van der Waals surface area contributed by atoms with E-state index in [9.17, 15) is 0 Å². The highest BCUT2D eigenvalue weighted by molar-refractivity contribution is 9.10. The van der Waals surface area contributed by atoms with E-state index in [4.69, 9.17) is 0 Å². The van der Waals surface area contributed by atoms with Crippen molar-refractivity contribution in [1.29, 1.82) is 0 Å². The molecule has 0 radical (unpaired) electrons. The molecule has 21 heavy (non-hydrogen) atoms. The van der Waals surface area contributed by atoms with Gasteiger partial charge in [0, 0.05) is 8.95 Å². The lowest BCUT2D eigenvalue weighted by molar-refractivity contribution is 1.58. The minimum atomic E-state index is -1.62. The Morgan fingerprint density at radius 1 is 0.619 bits per heavy atom. The zero-order valence-corrected chi connectivity index (χ0v) is 16.2. The lowest BCUT2D eigenvalue weighted by atomic mass is 10.2. The molecule has 2 aromatic carbocycles. The lowest BCUT2D eigenvalue weighted by Crippen LogP contribution is -2.28. The topological polar surface area (TPSA) is 0 Å². The van der Waals surface area contributed by atoms with Crippen LogP contribution in [0.15, 0.2) is 69.6 Å². The van der Waals surface area contributed by atoms with Crippen LogP contribution in [0.2, 0.25) is 13.1 Å². The minimum Gasteiger partial charge on any atom is -0.0621 e. The molecule has 0 fully saturated rings. The molecule has 1 aliphatic heterocycles. The van der Waals surface area contributed by atoms with Gasteiger partial charge in [-0.3, -0.25) is 0 Å². The zero-order chi connectivity index (χ0) is 15.0. The SMILES string of the molecule is C[Si]1(C)C(c2ccc(Br)cc2)=CC=C1c1ccc(Br)cc1. The van der Waals surface area contributed by atoms with E-state index < -0.39 is 8.07 Å². The van der Waals surface area contributed by atoms with Crippen molar-refractivity contribution in [3.8, 4) is 0 Å². The van der Waals surface area contributed by atoms with Crippen molar-refractivity contribution >= 4 is 50.3 Å². The first kappa shape index (κ1) is 15.0. The first-order valence-electron chi connectivity index (χ1n) is 6.93. The van der Waals surface area contributed by atoms with Crippen molar-refractivity contribution < 1.29 is 0 Å². The maximum atomic E-state index is 3.51. The molecule has 0 nitrogen and oxygen atoms in total. The van der Waals surface area contributed by atoms with Gasteiger partial charge in [0.15, 0.2) is 0 Å². The van der Waals surface area contributed by atoms with Crippen LogP contribution in [0.4, 0.5) is 0 Å². The summed E-state index contributed by atoms with van der Waals surface area (Å²) in [6.45, 7) is 4.86. The summed E-state index contributed by atoms with van der Waals surface area (Å²) in [5, 5.41) is 3.01. The van der Waals surface area contributed by atoms with Gasteiger partial charge < -0.3 is 0 Å². The van der Waals surface area contributed by atoms with Gasteiger partial charge in [-0.1, -0.05) is 81.4 Å². The standard InChI is InChI=1S/C18H16Br2Si/c1-21(2)17(13-3-7-15(19)8-4-13)11-12-18(21)14-5-9-16(20)10-6-14/h3-12H,1-2H3. The summed E-state index contributed by atoms with van der Waals surface area (Å²) in [5.74, 6) is 0. The molecule has 106 valence electrons. The second kappa shape index (κ2) is 5.71. The Morgan fingerprint density at radius 2 is 0.952 bits per heavy atom. The van der Waals surface area contributed by atoms with Crippen LogP contribution in [-0.4, -0.2) is 8.07 Å². The maximum absolute atomic E-state index is 3.51. The van der Waals surface area contributed by atoms with Crippen LogP contribution in [0.3, 0.4) is 0 Å². The average Bonchev–Trinajstić information content (AvgIpc) is 2.76. The van der Waals surface area contributed by atoms with Crippen molar-refractivity contribution in [3.05, 3.63) is 80.8 Å². The smallest absolute Gasteiger partial charge is 0.0621 e. The molecule has 0 saturated heterocycles. The van der Waals surface area contributed by atoms with E-state index in [-0.39, 0.29) is 0 Å². The molecular formula is C18H16Br2Si. The third-order valence-electron chi connectivity index (χ3n) is 4.07. The van der Waals surface area contributed by atoms with E-state index in [0.717, 1.165) is 8.95 Å². The molecule has 0 atom stereocenters. The summed E-state index contributed by atoms with van der Waals surface area (Å²) in [5.41, 5.74) is 2.69. The van der Waals surface area contributed by atoms with Gasteiger partial charge in [0.25, 0.3) is 0 Å². The Labute approximate surface area is 143 Å². The highest BCUT2D eigenvalue weighted by atomic mass is 79.9. The molecule has 2 aromatic rings. The van der Waals surface area contributed by atoms with Crippen molar-refractivity contribution in [3.63, 3.8) is 0 Å². The fourth-order valence-electron chi connectivity index (χ4n) is 2.90. The molecule has 1 aliphatic rings. The van der Waals surface area contributed by atoms with Crippen LogP contribution in [0.25, 0.3) is 10.4 Å². The molecule has 0 unspecified atom stereocenters. The second-order valence-corrected chi connectivity index (χ2v) is 12.0. The number of rotatable bonds is 2. The van der Waals surface area contributed by atoms with Crippen molar-refractivity contribution in [2.75, 3.05) is 0 Å². The molecule has 1 heterocycles. The summed E-state index contributed by atoms with van der Waals surface area (Å²) in [6.07, 6.45) is 4.62.